The normalized spacial score (nSPS) is 45.5. The summed E-state index contributed by atoms with van der Waals surface area (Å²) >= 11 is 1.46. The number of aliphatic hydroxyl groups is 2. The summed E-state index contributed by atoms with van der Waals surface area (Å²) in [6, 6.07) is 0. The van der Waals surface area contributed by atoms with E-state index in [-0.39, 0.29) is 28.9 Å². The van der Waals surface area contributed by atoms with Crippen LogP contribution in [0.1, 0.15) is 85.0 Å². The maximum Gasteiger partial charge on any atom is 0.226 e. The Labute approximate surface area is 202 Å². The van der Waals surface area contributed by atoms with Gasteiger partial charge in [-0.3, -0.25) is 4.79 Å². The minimum absolute atomic E-state index is 0.0707. The van der Waals surface area contributed by atoms with Gasteiger partial charge in [0, 0.05) is 18.0 Å². The van der Waals surface area contributed by atoms with Gasteiger partial charge in [0.2, 0.25) is 5.91 Å². The fourth-order valence-electron chi connectivity index (χ4n) is 9.20. The molecule has 0 spiro atoms. The number of thiazole rings is 1. The van der Waals surface area contributed by atoms with Crippen molar-refractivity contribution in [1.29, 1.82) is 0 Å². The molecule has 184 valence electrons. The van der Waals surface area contributed by atoms with Crippen molar-refractivity contribution in [3.05, 3.63) is 11.6 Å². The SMILES string of the molecule is CC(CCC(=O)Nc1nccs1)C1CCC2C3C(O)CC4CC(O)CCC4(C)C3CCC12C. The summed E-state index contributed by atoms with van der Waals surface area (Å²) in [6.45, 7) is 7.33. The number of rotatable bonds is 5. The highest BCUT2D eigenvalue weighted by molar-refractivity contribution is 7.13. The van der Waals surface area contributed by atoms with Gasteiger partial charge in [-0.05, 0) is 104 Å². The lowest BCUT2D eigenvalue weighted by Gasteiger charge is -2.62. The number of amides is 1. The molecule has 4 saturated carbocycles. The Morgan fingerprint density at radius 2 is 1.91 bits per heavy atom. The Kier molecular flexibility index (Phi) is 6.41. The molecule has 0 radical (unpaired) electrons. The lowest BCUT2D eigenvalue weighted by Crippen LogP contribution is -2.58. The molecule has 33 heavy (non-hydrogen) atoms. The predicted octanol–water partition coefficient (Wildman–Crippen LogP) is 5.49. The van der Waals surface area contributed by atoms with Crippen LogP contribution in [0.25, 0.3) is 0 Å². The highest BCUT2D eigenvalue weighted by Crippen LogP contribution is 2.68. The summed E-state index contributed by atoms with van der Waals surface area (Å²) < 4.78 is 0. The number of fused-ring (bicyclic) bond motifs is 5. The van der Waals surface area contributed by atoms with Crippen LogP contribution in [0.15, 0.2) is 11.6 Å². The zero-order valence-corrected chi connectivity index (χ0v) is 21.3. The summed E-state index contributed by atoms with van der Waals surface area (Å²) in [5.41, 5.74) is 0.548. The molecular formula is C27H42N2O3S. The second-order valence-corrected chi connectivity index (χ2v) is 13.2. The van der Waals surface area contributed by atoms with Gasteiger partial charge < -0.3 is 15.5 Å². The van der Waals surface area contributed by atoms with E-state index in [0.29, 0.717) is 47.1 Å². The first-order chi connectivity index (χ1) is 15.7. The molecule has 1 aromatic rings. The van der Waals surface area contributed by atoms with Gasteiger partial charge in [0.1, 0.15) is 0 Å². The zero-order chi connectivity index (χ0) is 23.4. The molecule has 4 aliphatic carbocycles. The van der Waals surface area contributed by atoms with E-state index in [4.69, 9.17) is 0 Å². The number of nitrogens with zero attached hydrogens (tertiary/aromatic N) is 1. The number of hydrogen-bond acceptors (Lipinski definition) is 5. The molecule has 1 amide bonds. The van der Waals surface area contributed by atoms with Crippen LogP contribution < -0.4 is 5.32 Å². The lowest BCUT2D eigenvalue weighted by molar-refractivity contribution is -0.174. The second kappa shape index (κ2) is 8.91. The number of carbonyl (C=O) groups is 1. The monoisotopic (exact) mass is 474 g/mol. The molecule has 5 nitrogen and oxygen atoms in total. The van der Waals surface area contributed by atoms with Crippen molar-refractivity contribution in [3.63, 3.8) is 0 Å². The molecule has 3 N–H and O–H groups in total. The molecule has 4 aliphatic rings. The van der Waals surface area contributed by atoms with E-state index in [9.17, 15) is 15.0 Å². The first-order valence-electron chi connectivity index (χ1n) is 13.3. The topological polar surface area (TPSA) is 82.5 Å². The molecule has 0 aromatic carbocycles. The molecule has 0 saturated heterocycles. The molecule has 5 rings (SSSR count). The highest BCUT2D eigenvalue weighted by atomic mass is 32.1. The number of carbonyl (C=O) groups excluding carboxylic acids is 1. The molecule has 10 atom stereocenters. The Morgan fingerprint density at radius 1 is 1.15 bits per heavy atom. The van der Waals surface area contributed by atoms with Gasteiger partial charge in [-0.1, -0.05) is 20.8 Å². The van der Waals surface area contributed by atoms with Gasteiger partial charge in [-0.25, -0.2) is 4.98 Å². The minimum Gasteiger partial charge on any atom is -0.393 e. The van der Waals surface area contributed by atoms with Crippen LogP contribution >= 0.6 is 11.3 Å². The van der Waals surface area contributed by atoms with Crippen LogP contribution in [0.4, 0.5) is 5.13 Å². The Morgan fingerprint density at radius 3 is 2.67 bits per heavy atom. The standard InChI is InChI=1S/C27H42N2O3S/c1-16(4-7-23(32)29-25-28-12-13-33-25)19-5-6-20-24-21(9-11-27(19,20)3)26(2)10-8-18(30)14-17(26)15-22(24)31/h12-13,16-22,24,30-31H,4-11,14-15H2,1-3H3,(H,28,29,32). The summed E-state index contributed by atoms with van der Waals surface area (Å²) in [5.74, 6) is 3.26. The maximum atomic E-state index is 12.4. The summed E-state index contributed by atoms with van der Waals surface area (Å²) in [5, 5.41) is 27.2. The number of hydrogen-bond donors (Lipinski definition) is 3. The fraction of sp³-hybridized carbons (Fsp3) is 0.852. The van der Waals surface area contributed by atoms with Crippen LogP contribution in [-0.4, -0.2) is 33.3 Å². The number of anilines is 1. The van der Waals surface area contributed by atoms with E-state index in [0.717, 1.165) is 32.1 Å². The van der Waals surface area contributed by atoms with Crippen molar-refractivity contribution in [1.82, 2.24) is 4.98 Å². The van der Waals surface area contributed by atoms with E-state index in [1.165, 1.54) is 37.0 Å². The molecule has 0 bridgehead atoms. The first kappa shape index (κ1) is 23.7. The molecule has 6 heteroatoms. The fourth-order valence-corrected chi connectivity index (χ4v) is 9.75. The Bertz CT molecular complexity index is 846. The maximum absolute atomic E-state index is 12.4. The van der Waals surface area contributed by atoms with Gasteiger partial charge in [0.05, 0.1) is 12.2 Å². The van der Waals surface area contributed by atoms with E-state index in [2.05, 4.69) is 31.1 Å². The van der Waals surface area contributed by atoms with E-state index in [1.807, 2.05) is 5.38 Å². The smallest absolute Gasteiger partial charge is 0.226 e. The van der Waals surface area contributed by atoms with Gasteiger partial charge >= 0.3 is 0 Å². The van der Waals surface area contributed by atoms with E-state index >= 15 is 0 Å². The van der Waals surface area contributed by atoms with Crippen LogP contribution in [0.2, 0.25) is 0 Å². The predicted molar refractivity (Wildman–Crippen MR) is 132 cm³/mol. The summed E-state index contributed by atoms with van der Waals surface area (Å²) in [6.07, 6.45) is 11.5. The van der Waals surface area contributed by atoms with Crippen molar-refractivity contribution in [2.75, 3.05) is 5.32 Å². The third-order valence-corrected chi connectivity index (χ3v) is 11.6. The Balaban J connectivity index is 1.26. The van der Waals surface area contributed by atoms with Gasteiger partial charge in [-0.2, -0.15) is 0 Å². The molecule has 4 fully saturated rings. The summed E-state index contributed by atoms with van der Waals surface area (Å²) in [7, 11) is 0. The average molecular weight is 475 g/mol. The lowest BCUT2D eigenvalue weighted by atomic mass is 9.43. The quantitative estimate of drug-likeness (QED) is 0.527. The molecule has 1 aromatic heterocycles. The van der Waals surface area contributed by atoms with E-state index < -0.39 is 0 Å². The van der Waals surface area contributed by atoms with E-state index in [1.54, 1.807) is 6.20 Å². The highest BCUT2D eigenvalue weighted by Gasteiger charge is 2.62. The Hall–Kier alpha value is -0.980. The van der Waals surface area contributed by atoms with Crippen LogP contribution in [0, 0.1) is 46.3 Å². The van der Waals surface area contributed by atoms with Crippen molar-refractivity contribution in [3.8, 4) is 0 Å². The first-order valence-corrected chi connectivity index (χ1v) is 14.2. The third-order valence-electron chi connectivity index (χ3n) is 10.9. The number of aromatic nitrogens is 1. The molecular weight excluding hydrogens is 432 g/mol. The molecule has 0 aliphatic heterocycles. The number of aliphatic hydroxyl groups excluding tert-OH is 2. The van der Waals surface area contributed by atoms with Crippen molar-refractivity contribution in [2.45, 2.75) is 97.2 Å². The zero-order valence-electron chi connectivity index (χ0n) is 20.5. The average Bonchev–Trinajstić information content (AvgIpc) is 3.40. The second-order valence-electron chi connectivity index (χ2n) is 12.4. The van der Waals surface area contributed by atoms with Gasteiger partial charge in [0.25, 0.3) is 0 Å². The van der Waals surface area contributed by atoms with Crippen LogP contribution in [0.5, 0.6) is 0 Å². The van der Waals surface area contributed by atoms with Gasteiger partial charge in [-0.15, -0.1) is 11.3 Å². The van der Waals surface area contributed by atoms with Gasteiger partial charge in [0.15, 0.2) is 5.13 Å². The van der Waals surface area contributed by atoms with Crippen LogP contribution in [0.3, 0.4) is 0 Å². The van der Waals surface area contributed by atoms with Crippen molar-refractivity contribution in [2.24, 2.45) is 46.3 Å². The minimum atomic E-state index is -0.221. The molecule has 10 unspecified atom stereocenters. The largest absolute Gasteiger partial charge is 0.393 e. The molecule has 1 heterocycles. The summed E-state index contributed by atoms with van der Waals surface area (Å²) in [4.78, 5) is 16.6. The van der Waals surface area contributed by atoms with Crippen molar-refractivity contribution < 1.29 is 15.0 Å². The third kappa shape index (κ3) is 4.08. The van der Waals surface area contributed by atoms with Crippen molar-refractivity contribution >= 4 is 22.4 Å². The van der Waals surface area contributed by atoms with Crippen LogP contribution in [-0.2, 0) is 4.79 Å². The number of nitrogens with one attached hydrogen (secondary N) is 1.